The molecule has 134 valence electrons. The monoisotopic (exact) mass is 341 g/mol. The van der Waals surface area contributed by atoms with Crippen LogP contribution >= 0.6 is 0 Å². The van der Waals surface area contributed by atoms with E-state index in [1.165, 1.54) is 0 Å². The fourth-order valence-electron chi connectivity index (χ4n) is 3.48. The number of nitrogens with zero attached hydrogens (tertiary/aromatic N) is 1. The largest absolute Gasteiger partial charge is 0.511 e. The summed E-state index contributed by atoms with van der Waals surface area (Å²) in [5, 5.41) is 15.1. The van der Waals surface area contributed by atoms with E-state index in [4.69, 9.17) is 4.84 Å². The number of Topliss-reactive ketones (excluding diaryl/α,β-unsaturated/α-hetero) is 1. The van der Waals surface area contributed by atoms with Crippen molar-refractivity contribution in [2.45, 2.75) is 46.5 Å². The molecule has 1 atom stereocenters. The van der Waals surface area contributed by atoms with E-state index in [0.29, 0.717) is 24.1 Å². The summed E-state index contributed by atoms with van der Waals surface area (Å²) in [5.74, 6) is -0.250. The highest BCUT2D eigenvalue weighted by molar-refractivity contribution is 6.23. The molecule has 1 aromatic carbocycles. The number of rotatable bonds is 6. The minimum atomic E-state index is -0.376. The van der Waals surface area contributed by atoms with Crippen molar-refractivity contribution in [1.82, 2.24) is 0 Å². The van der Waals surface area contributed by atoms with Gasteiger partial charge in [0.25, 0.3) is 0 Å². The number of hydrogen-bond acceptors (Lipinski definition) is 4. The van der Waals surface area contributed by atoms with Gasteiger partial charge >= 0.3 is 0 Å². The number of aliphatic hydroxyl groups excluding tert-OH is 1. The van der Waals surface area contributed by atoms with Crippen LogP contribution in [0.25, 0.3) is 0 Å². The maximum absolute atomic E-state index is 12.7. The fourth-order valence-corrected chi connectivity index (χ4v) is 3.48. The first kappa shape index (κ1) is 19.0. The second-order valence-corrected chi connectivity index (χ2v) is 7.17. The van der Waals surface area contributed by atoms with Crippen molar-refractivity contribution in [2.75, 3.05) is 6.61 Å². The quantitative estimate of drug-likeness (QED) is 0.348. The van der Waals surface area contributed by atoms with Crippen molar-refractivity contribution in [3.8, 4) is 0 Å². The number of aryl methyl sites for hydroxylation is 1. The Morgan fingerprint density at radius 3 is 2.80 bits per heavy atom. The lowest BCUT2D eigenvalue weighted by Gasteiger charge is -2.38. The molecule has 0 heterocycles. The average Bonchev–Trinajstić information content (AvgIpc) is 2.52. The average molecular weight is 341 g/mol. The van der Waals surface area contributed by atoms with Gasteiger partial charge in [-0.1, -0.05) is 68.4 Å². The Morgan fingerprint density at radius 2 is 2.20 bits per heavy atom. The number of benzene rings is 1. The standard InChI is InChI=1S/C21H27NO3/c1-6-11-25-22-16(7-2)18-17(23)13-21(4,5)19(20(18)24)15-10-8-9-14(3)12-15/h6,8-10,12,19,24H,1,7,11,13H2,2-5H3. The summed E-state index contributed by atoms with van der Waals surface area (Å²) in [5.41, 5.74) is 2.54. The van der Waals surface area contributed by atoms with E-state index in [-0.39, 0.29) is 29.5 Å². The summed E-state index contributed by atoms with van der Waals surface area (Å²) in [6, 6.07) is 8.06. The van der Waals surface area contributed by atoms with Crippen LogP contribution in [0.2, 0.25) is 0 Å². The smallest absolute Gasteiger partial charge is 0.168 e. The van der Waals surface area contributed by atoms with E-state index >= 15 is 0 Å². The third-order valence-electron chi connectivity index (χ3n) is 4.57. The molecule has 0 fully saturated rings. The van der Waals surface area contributed by atoms with Crippen molar-refractivity contribution in [1.29, 1.82) is 0 Å². The molecule has 1 aliphatic carbocycles. The zero-order chi connectivity index (χ0) is 18.6. The van der Waals surface area contributed by atoms with E-state index in [1.807, 2.05) is 45.9 Å². The first-order chi connectivity index (χ1) is 11.8. The number of oxime groups is 1. The molecule has 4 nitrogen and oxygen atoms in total. The molecule has 0 saturated carbocycles. The summed E-state index contributed by atoms with van der Waals surface area (Å²) in [7, 11) is 0. The third-order valence-corrected chi connectivity index (χ3v) is 4.57. The van der Waals surface area contributed by atoms with Crippen molar-refractivity contribution in [3.63, 3.8) is 0 Å². The Labute approximate surface area is 149 Å². The Morgan fingerprint density at radius 1 is 1.48 bits per heavy atom. The Balaban J connectivity index is 2.57. The van der Waals surface area contributed by atoms with Crippen LogP contribution in [0.15, 0.2) is 53.4 Å². The molecule has 2 rings (SSSR count). The maximum Gasteiger partial charge on any atom is 0.168 e. The SMILES string of the molecule is C=CCON=C(CC)C1=C(O)C(c2cccc(C)c2)C(C)(C)CC1=O. The van der Waals surface area contributed by atoms with Gasteiger partial charge in [0.2, 0.25) is 0 Å². The van der Waals surface area contributed by atoms with Crippen LogP contribution in [0.3, 0.4) is 0 Å². The van der Waals surface area contributed by atoms with E-state index in [2.05, 4.69) is 17.8 Å². The van der Waals surface area contributed by atoms with Crippen LogP contribution in [-0.2, 0) is 9.63 Å². The first-order valence-electron chi connectivity index (χ1n) is 8.64. The van der Waals surface area contributed by atoms with Gasteiger partial charge < -0.3 is 9.94 Å². The minimum absolute atomic E-state index is 0.0887. The van der Waals surface area contributed by atoms with Gasteiger partial charge in [0, 0.05) is 12.3 Å². The normalized spacial score (nSPS) is 20.6. The van der Waals surface area contributed by atoms with Crippen LogP contribution in [0.1, 0.15) is 50.7 Å². The molecule has 0 amide bonds. The Kier molecular flexibility index (Phi) is 5.83. The summed E-state index contributed by atoms with van der Waals surface area (Å²) >= 11 is 0. The molecule has 4 heteroatoms. The van der Waals surface area contributed by atoms with Gasteiger partial charge in [-0.15, -0.1) is 0 Å². The summed E-state index contributed by atoms with van der Waals surface area (Å²) in [4.78, 5) is 17.9. The molecule has 0 aliphatic heterocycles. The van der Waals surface area contributed by atoms with Crippen molar-refractivity contribution in [3.05, 3.63) is 59.4 Å². The van der Waals surface area contributed by atoms with Crippen LogP contribution in [0.4, 0.5) is 0 Å². The molecule has 25 heavy (non-hydrogen) atoms. The Bertz CT molecular complexity index is 728. The predicted molar refractivity (Wildman–Crippen MR) is 101 cm³/mol. The first-order valence-corrected chi connectivity index (χ1v) is 8.64. The number of allylic oxidation sites excluding steroid dienone is 2. The molecule has 1 aliphatic rings. The lowest BCUT2D eigenvalue weighted by atomic mass is 9.65. The third kappa shape index (κ3) is 4.01. The van der Waals surface area contributed by atoms with Gasteiger partial charge in [0.05, 0.1) is 11.3 Å². The van der Waals surface area contributed by atoms with Crippen LogP contribution in [0.5, 0.6) is 0 Å². The number of carbonyl (C=O) groups is 1. The van der Waals surface area contributed by atoms with E-state index in [1.54, 1.807) is 6.08 Å². The minimum Gasteiger partial charge on any atom is -0.511 e. The van der Waals surface area contributed by atoms with Gasteiger partial charge in [0.1, 0.15) is 12.4 Å². The second-order valence-electron chi connectivity index (χ2n) is 7.17. The zero-order valence-corrected chi connectivity index (χ0v) is 15.5. The van der Waals surface area contributed by atoms with Gasteiger partial charge in [0.15, 0.2) is 5.78 Å². The fraction of sp³-hybridized carbons (Fsp3) is 0.429. The van der Waals surface area contributed by atoms with Crippen molar-refractivity contribution >= 4 is 11.5 Å². The van der Waals surface area contributed by atoms with Crippen molar-refractivity contribution < 1.29 is 14.7 Å². The summed E-state index contributed by atoms with van der Waals surface area (Å²) < 4.78 is 0. The molecule has 0 radical (unpaired) electrons. The van der Waals surface area contributed by atoms with Gasteiger partial charge in [-0.05, 0) is 24.3 Å². The molecule has 0 aromatic heterocycles. The number of hydrogen-bond donors (Lipinski definition) is 1. The van der Waals surface area contributed by atoms with E-state index < -0.39 is 0 Å². The molecule has 1 aromatic rings. The molecule has 0 saturated heterocycles. The molecular formula is C21H27NO3. The molecule has 0 bridgehead atoms. The number of aliphatic hydroxyl groups is 1. The van der Waals surface area contributed by atoms with Gasteiger partial charge in [-0.2, -0.15) is 0 Å². The van der Waals surface area contributed by atoms with Crippen LogP contribution in [-0.4, -0.2) is 23.2 Å². The lowest BCUT2D eigenvalue weighted by molar-refractivity contribution is -0.118. The van der Waals surface area contributed by atoms with Gasteiger partial charge in [-0.3, -0.25) is 4.79 Å². The highest BCUT2D eigenvalue weighted by Crippen LogP contribution is 2.48. The number of carbonyl (C=O) groups excluding carboxylic acids is 1. The topological polar surface area (TPSA) is 58.9 Å². The van der Waals surface area contributed by atoms with E-state index in [0.717, 1.165) is 11.1 Å². The summed E-state index contributed by atoms with van der Waals surface area (Å²) in [6.07, 6.45) is 2.45. The van der Waals surface area contributed by atoms with Crippen molar-refractivity contribution in [2.24, 2.45) is 10.6 Å². The molecule has 1 unspecified atom stereocenters. The van der Waals surface area contributed by atoms with Crippen LogP contribution < -0.4 is 0 Å². The van der Waals surface area contributed by atoms with Gasteiger partial charge in [-0.25, -0.2) is 0 Å². The predicted octanol–water partition coefficient (Wildman–Crippen LogP) is 4.86. The second kappa shape index (κ2) is 7.68. The Hall–Kier alpha value is -2.36. The summed E-state index contributed by atoms with van der Waals surface area (Å²) in [6.45, 7) is 11.8. The highest BCUT2D eigenvalue weighted by atomic mass is 16.6. The zero-order valence-electron chi connectivity index (χ0n) is 15.5. The van der Waals surface area contributed by atoms with E-state index in [9.17, 15) is 9.90 Å². The molecular weight excluding hydrogens is 314 g/mol. The van der Waals surface area contributed by atoms with Crippen LogP contribution in [0, 0.1) is 12.3 Å². The highest BCUT2D eigenvalue weighted by Gasteiger charge is 2.43. The maximum atomic E-state index is 12.7. The number of ketones is 1. The lowest BCUT2D eigenvalue weighted by Crippen LogP contribution is -2.35. The molecule has 0 spiro atoms. The molecule has 1 N–H and O–H groups in total.